The van der Waals surface area contributed by atoms with E-state index < -0.39 is 0 Å². The van der Waals surface area contributed by atoms with Gasteiger partial charge in [-0.05, 0) is 36.1 Å². The number of benzene rings is 2. The van der Waals surface area contributed by atoms with Crippen LogP contribution in [0.5, 0.6) is 11.5 Å². The molecule has 4 rings (SSSR count). The molecule has 0 fully saturated rings. The highest BCUT2D eigenvalue weighted by atomic mass is 79.9. The van der Waals surface area contributed by atoms with Crippen LogP contribution in [-0.4, -0.2) is 13.2 Å². The van der Waals surface area contributed by atoms with Crippen molar-refractivity contribution in [2.75, 3.05) is 13.2 Å². The highest BCUT2D eigenvalue weighted by Gasteiger charge is 2.31. The molecule has 0 amide bonds. The van der Waals surface area contributed by atoms with Crippen LogP contribution in [0.4, 0.5) is 0 Å². The molecule has 21 heavy (non-hydrogen) atoms. The zero-order valence-corrected chi connectivity index (χ0v) is 13.3. The average molecular weight is 345 g/mol. The van der Waals surface area contributed by atoms with E-state index in [0.717, 1.165) is 37.6 Å². The van der Waals surface area contributed by atoms with Crippen molar-refractivity contribution < 1.29 is 9.47 Å². The summed E-state index contributed by atoms with van der Waals surface area (Å²) in [6, 6.07) is 14.9. The van der Waals surface area contributed by atoms with Gasteiger partial charge in [-0.1, -0.05) is 46.3 Å². The molecule has 0 aromatic heterocycles. The lowest BCUT2D eigenvalue weighted by molar-refractivity contribution is 0.288. The minimum absolute atomic E-state index is 0.272. The van der Waals surface area contributed by atoms with Gasteiger partial charge < -0.3 is 9.47 Å². The van der Waals surface area contributed by atoms with Gasteiger partial charge in [-0.2, -0.15) is 0 Å². The van der Waals surface area contributed by atoms with Crippen LogP contribution in [-0.2, 0) is 6.42 Å². The van der Waals surface area contributed by atoms with E-state index >= 15 is 0 Å². The first kappa shape index (κ1) is 13.2. The quantitative estimate of drug-likeness (QED) is 0.739. The number of ether oxygens (including phenoxy) is 2. The van der Waals surface area contributed by atoms with E-state index in [9.17, 15) is 0 Å². The Kier molecular flexibility index (Phi) is 3.38. The van der Waals surface area contributed by atoms with E-state index in [2.05, 4.69) is 52.3 Å². The summed E-state index contributed by atoms with van der Waals surface area (Å²) in [5, 5.41) is 0. The maximum absolute atomic E-state index is 5.81. The number of hydrogen-bond acceptors (Lipinski definition) is 2. The number of halogens is 1. The van der Waals surface area contributed by atoms with Gasteiger partial charge >= 0.3 is 0 Å². The first-order chi connectivity index (χ1) is 10.3. The molecule has 2 heterocycles. The minimum Gasteiger partial charge on any atom is -0.493 e. The maximum Gasteiger partial charge on any atom is 0.122 e. The topological polar surface area (TPSA) is 18.5 Å². The Morgan fingerprint density at radius 3 is 2.90 bits per heavy atom. The van der Waals surface area contributed by atoms with E-state index in [4.69, 9.17) is 9.47 Å². The standard InChI is InChI=1S/C18H17BrO2/c19-18(15-11-21-17-6-2-1-5-14(15)17)13-7-8-16-12(10-13)4-3-9-20-16/h1-2,5-8,10,15,18H,3-4,9,11H2. The molecule has 2 aliphatic rings. The third kappa shape index (κ3) is 2.34. The number of alkyl halides is 1. The third-order valence-electron chi connectivity index (χ3n) is 4.34. The Labute approximate surface area is 133 Å². The highest BCUT2D eigenvalue weighted by Crippen LogP contribution is 2.46. The summed E-state index contributed by atoms with van der Waals surface area (Å²) >= 11 is 3.89. The molecule has 0 radical (unpaired) electrons. The fraction of sp³-hybridized carbons (Fsp3) is 0.333. The summed E-state index contributed by atoms with van der Waals surface area (Å²) in [7, 11) is 0. The summed E-state index contributed by atoms with van der Waals surface area (Å²) < 4.78 is 11.5. The molecular weight excluding hydrogens is 328 g/mol. The number of hydrogen-bond donors (Lipinski definition) is 0. The molecule has 108 valence electrons. The fourth-order valence-corrected chi connectivity index (χ4v) is 3.94. The second kappa shape index (κ2) is 5.38. The van der Waals surface area contributed by atoms with Crippen LogP contribution in [0.2, 0.25) is 0 Å². The summed E-state index contributed by atoms with van der Waals surface area (Å²) in [4.78, 5) is 0.272. The molecule has 2 unspecified atom stereocenters. The Morgan fingerprint density at radius 1 is 1.05 bits per heavy atom. The molecule has 3 heteroatoms. The first-order valence-electron chi connectivity index (χ1n) is 7.44. The Bertz CT molecular complexity index is 668. The van der Waals surface area contributed by atoms with Crippen molar-refractivity contribution in [1.82, 2.24) is 0 Å². The molecule has 2 aromatic carbocycles. The summed E-state index contributed by atoms with van der Waals surface area (Å²) in [6.07, 6.45) is 2.22. The number of fused-ring (bicyclic) bond motifs is 2. The van der Waals surface area contributed by atoms with Crippen molar-refractivity contribution in [2.45, 2.75) is 23.6 Å². The van der Waals surface area contributed by atoms with Gasteiger partial charge in [0.1, 0.15) is 11.5 Å². The number of para-hydroxylation sites is 1. The lowest BCUT2D eigenvalue weighted by Crippen LogP contribution is -2.11. The molecule has 0 aliphatic carbocycles. The monoisotopic (exact) mass is 344 g/mol. The van der Waals surface area contributed by atoms with Gasteiger partial charge in [0.25, 0.3) is 0 Å². The van der Waals surface area contributed by atoms with Crippen molar-refractivity contribution in [2.24, 2.45) is 0 Å². The average Bonchev–Trinajstić information content (AvgIpc) is 2.98. The van der Waals surface area contributed by atoms with E-state index in [0.29, 0.717) is 5.92 Å². The lowest BCUT2D eigenvalue weighted by Gasteiger charge is -2.21. The van der Waals surface area contributed by atoms with Gasteiger partial charge in [0.05, 0.1) is 13.2 Å². The normalized spacial score (nSPS) is 20.9. The van der Waals surface area contributed by atoms with E-state index in [1.54, 1.807) is 0 Å². The Hall–Kier alpha value is -1.48. The van der Waals surface area contributed by atoms with Gasteiger partial charge in [0.15, 0.2) is 0 Å². The molecule has 0 N–H and O–H groups in total. The Morgan fingerprint density at radius 2 is 1.95 bits per heavy atom. The third-order valence-corrected chi connectivity index (χ3v) is 5.51. The van der Waals surface area contributed by atoms with Crippen LogP contribution >= 0.6 is 15.9 Å². The summed E-state index contributed by atoms with van der Waals surface area (Å²) in [6.45, 7) is 1.58. The van der Waals surface area contributed by atoms with Gasteiger partial charge in [-0.3, -0.25) is 0 Å². The highest BCUT2D eigenvalue weighted by molar-refractivity contribution is 9.09. The Balaban J connectivity index is 1.65. The minimum atomic E-state index is 0.272. The van der Waals surface area contributed by atoms with Crippen LogP contribution in [0, 0.1) is 0 Å². The van der Waals surface area contributed by atoms with Crippen molar-refractivity contribution in [1.29, 1.82) is 0 Å². The molecule has 2 aromatic rings. The molecular formula is C18H17BrO2. The molecule has 0 bridgehead atoms. The van der Waals surface area contributed by atoms with E-state index in [1.165, 1.54) is 16.7 Å². The predicted octanol–water partition coefficient (Wildman–Crippen LogP) is 4.62. The second-order valence-electron chi connectivity index (χ2n) is 5.68. The zero-order chi connectivity index (χ0) is 14.2. The van der Waals surface area contributed by atoms with Crippen molar-refractivity contribution in [3.05, 3.63) is 59.2 Å². The largest absolute Gasteiger partial charge is 0.493 e. The van der Waals surface area contributed by atoms with E-state index in [1.807, 2.05) is 6.07 Å². The van der Waals surface area contributed by atoms with Crippen LogP contribution in [0.25, 0.3) is 0 Å². The van der Waals surface area contributed by atoms with Crippen molar-refractivity contribution in [3.8, 4) is 11.5 Å². The van der Waals surface area contributed by atoms with E-state index in [-0.39, 0.29) is 4.83 Å². The molecule has 0 spiro atoms. The van der Waals surface area contributed by atoms with Crippen LogP contribution in [0.3, 0.4) is 0 Å². The van der Waals surface area contributed by atoms with Gasteiger partial charge in [-0.15, -0.1) is 0 Å². The SMILES string of the molecule is BrC(c1ccc2c(c1)CCCO2)C1COc2ccccc21. The van der Waals surface area contributed by atoms with Gasteiger partial charge in [-0.25, -0.2) is 0 Å². The van der Waals surface area contributed by atoms with Crippen molar-refractivity contribution in [3.63, 3.8) is 0 Å². The molecule has 0 saturated heterocycles. The van der Waals surface area contributed by atoms with Gasteiger partial charge in [0.2, 0.25) is 0 Å². The fourth-order valence-electron chi connectivity index (χ4n) is 3.21. The predicted molar refractivity (Wildman–Crippen MR) is 86.6 cm³/mol. The zero-order valence-electron chi connectivity index (χ0n) is 11.7. The smallest absolute Gasteiger partial charge is 0.122 e. The summed E-state index contributed by atoms with van der Waals surface area (Å²) in [5.74, 6) is 2.43. The summed E-state index contributed by atoms with van der Waals surface area (Å²) in [5.41, 5.74) is 3.94. The van der Waals surface area contributed by atoms with Crippen LogP contribution in [0.15, 0.2) is 42.5 Å². The van der Waals surface area contributed by atoms with Crippen LogP contribution in [0.1, 0.15) is 33.9 Å². The molecule has 2 aliphatic heterocycles. The molecule has 2 nitrogen and oxygen atoms in total. The first-order valence-corrected chi connectivity index (χ1v) is 8.36. The second-order valence-corrected chi connectivity index (χ2v) is 6.66. The molecule has 2 atom stereocenters. The maximum atomic E-state index is 5.81. The number of rotatable bonds is 2. The van der Waals surface area contributed by atoms with Crippen molar-refractivity contribution >= 4 is 15.9 Å². The van der Waals surface area contributed by atoms with Gasteiger partial charge in [0, 0.05) is 16.3 Å². The number of aryl methyl sites for hydroxylation is 1. The molecule has 0 saturated carbocycles. The van der Waals surface area contributed by atoms with Crippen LogP contribution < -0.4 is 9.47 Å². The lowest BCUT2D eigenvalue weighted by atomic mass is 9.92.